The van der Waals surface area contributed by atoms with Crippen molar-refractivity contribution < 1.29 is 4.79 Å². The molecule has 0 saturated carbocycles. The molecule has 5 rings (SSSR count). The Labute approximate surface area is 186 Å². The lowest BCUT2D eigenvalue weighted by molar-refractivity contribution is 0.103. The van der Waals surface area contributed by atoms with Crippen LogP contribution < -0.4 is 0 Å². The summed E-state index contributed by atoms with van der Waals surface area (Å²) in [6.07, 6.45) is 4.84. The van der Waals surface area contributed by atoms with Gasteiger partial charge in [0.15, 0.2) is 0 Å². The van der Waals surface area contributed by atoms with Gasteiger partial charge in [-0.25, -0.2) is 4.98 Å². The summed E-state index contributed by atoms with van der Waals surface area (Å²) in [5.74, 6) is 0.549. The molecule has 3 aromatic carbocycles. The minimum Gasteiger partial charge on any atom is -0.338 e. The van der Waals surface area contributed by atoms with E-state index in [1.807, 2.05) is 54.6 Å². The van der Waals surface area contributed by atoms with Gasteiger partial charge in [0.25, 0.3) is 0 Å². The molecular formula is C28H21N3O. The summed E-state index contributed by atoms with van der Waals surface area (Å²) >= 11 is 0. The maximum absolute atomic E-state index is 13.1. The molecule has 0 aliphatic heterocycles. The van der Waals surface area contributed by atoms with Gasteiger partial charge in [0.1, 0.15) is 16.9 Å². The largest absolute Gasteiger partial charge is 0.338 e. The molecular weight excluding hydrogens is 394 g/mol. The van der Waals surface area contributed by atoms with Crippen LogP contribution >= 0.6 is 0 Å². The lowest BCUT2D eigenvalue weighted by Gasteiger charge is -2.34. The molecule has 4 nitrogen and oxygen atoms in total. The van der Waals surface area contributed by atoms with Crippen molar-refractivity contribution in [2.24, 2.45) is 0 Å². The van der Waals surface area contributed by atoms with Crippen LogP contribution in [0.3, 0.4) is 0 Å². The van der Waals surface area contributed by atoms with Crippen LogP contribution in [0, 0.1) is 0 Å². The van der Waals surface area contributed by atoms with Crippen molar-refractivity contribution in [3.8, 4) is 0 Å². The molecule has 32 heavy (non-hydrogen) atoms. The van der Waals surface area contributed by atoms with Gasteiger partial charge in [-0.15, -0.1) is 0 Å². The van der Waals surface area contributed by atoms with E-state index < -0.39 is 5.41 Å². The maximum Gasteiger partial charge on any atom is 0.212 e. The first-order chi connectivity index (χ1) is 15.8. The van der Waals surface area contributed by atoms with E-state index in [1.54, 1.807) is 30.7 Å². The van der Waals surface area contributed by atoms with Gasteiger partial charge in [-0.2, -0.15) is 0 Å². The van der Waals surface area contributed by atoms with Gasteiger partial charge in [0, 0.05) is 18.0 Å². The standard InChI is InChI=1S/C28H21N3O/c32-26(21-11-10-18-29-19-21)25-20-30-27(31-25)28(22-12-4-1-5-13-22,23-14-6-2-7-15-23)24-16-8-3-9-17-24/h1-20H,(H,30,31). The van der Waals surface area contributed by atoms with Gasteiger partial charge in [0.2, 0.25) is 5.78 Å². The number of nitrogens with one attached hydrogen (secondary N) is 1. The predicted octanol–water partition coefficient (Wildman–Crippen LogP) is 5.42. The first kappa shape index (κ1) is 19.6. The third-order valence-electron chi connectivity index (χ3n) is 5.72. The molecule has 2 heterocycles. The SMILES string of the molecule is O=C(c1cccnc1)c1cnc(C(c2ccccc2)(c2ccccc2)c2ccccc2)[nH]1. The summed E-state index contributed by atoms with van der Waals surface area (Å²) in [6, 6.07) is 34.3. The summed E-state index contributed by atoms with van der Waals surface area (Å²) < 4.78 is 0. The van der Waals surface area contributed by atoms with Crippen molar-refractivity contribution >= 4 is 5.78 Å². The molecule has 0 amide bonds. The smallest absolute Gasteiger partial charge is 0.212 e. The zero-order valence-electron chi connectivity index (χ0n) is 17.3. The molecule has 0 spiro atoms. The van der Waals surface area contributed by atoms with Crippen LogP contribution in [0.1, 0.15) is 38.6 Å². The maximum atomic E-state index is 13.1. The number of carbonyl (C=O) groups excluding carboxylic acids is 1. The number of benzene rings is 3. The number of carbonyl (C=O) groups is 1. The van der Waals surface area contributed by atoms with E-state index in [9.17, 15) is 4.79 Å². The molecule has 0 radical (unpaired) electrons. The molecule has 0 fully saturated rings. The minimum absolute atomic E-state index is 0.139. The molecule has 0 saturated heterocycles. The molecule has 1 N–H and O–H groups in total. The number of pyridine rings is 1. The Morgan fingerprint density at radius 1 is 0.656 bits per heavy atom. The number of hydrogen-bond acceptors (Lipinski definition) is 3. The molecule has 0 aliphatic carbocycles. The van der Waals surface area contributed by atoms with Crippen LogP contribution in [0.4, 0.5) is 0 Å². The van der Waals surface area contributed by atoms with E-state index in [-0.39, 0.29) is 5.78 Å². The van der Waals surface area contributed by atoms with Gasteiger partial charge in [-0.05, 0) is 28.8 Å². The number of nitrogens with zero attached hydrogens (tertiary/aromatic N) is 2. The fourth-order valence-electron chi connectivity index (χ4n) is 4.25. The van der Waals surface area contributed by atoms with Crippen molar-refractivity contribution in [3.63, 3.8) is 0 Å². The van der Waals surface area contributed by atoms with Crippen molar-refractivity contribution in [2.75, 3.05) is 0 Å². The summed E-state index contributed by atoms with van der Waals surface area (Å²) in [6.45, 7) is 0. The van der Waals surface area contributed by atoms with Crippen LogP contribution in [0.15, 0.2) is 122 Å². The second kappa shape index (κ2) is 8.44. The van der Waals surface area contributed by atoms with Gasteiger partial charge >= 0.3 is 0 Å². The topological polar surface area (TPSA) is 58.6 Å². The number of H-pyrrole nitrogens is 1. The van der Waals surface area contributed by atoms with Crippen LogP contribution in [0.5, 0.6) is 0 Å². The number of hydrogen-bond donors (Lipinski definition) is 1. The second-order valence-corrected chi connectivity index (χ2v) is 7.56. The molecule has 154 valence electrons. The Morgan fingerprint density at radius 2 is 1.19 bits per heavy atom. The van der Waals surface area contributed by atoms with E-state index >= 15 is 0 Å². The Balaban J connectivity index is 1.76. The van der Waals surface area contributed by atoms with E-state index in [1.165, 1.54) is 0 Å². The van der Waals surface area contributed by atoms with Crippen LogP contribution in [-0.4, -0.2) is 20.7 Å². The third-order valence-corrected chi connectivity index (χ3v) is 5.72. The number of ketones is 1. The monoisotopic (exact) mass is 415 g/mol. The zero-order valence-corrected chi connectivity index (χ0v) is 17.3. The highest BCUT2D eigenvalue weighted by molar-refractivity contribution is 6.07. The Kier molecular flexibility index (Phi) is 5.18. The Hall–Kier alpha value is -4.31. The Morgan fingerprint density at radius 3 is 1.66 bits per heavy atom. The zero-order chi connectivity index (χ0) is 21.8. The quantitative estimate of drug-likeness (QED) is 0.298. The van der Waals surface area contributed by atoms with Gasteiger partial charge < -0.3 is 4.98 Å². The van der Waals surface area contributed by atoms with Gasteiger partial charge in [0.05, 0.1) is 6.20 Å². The molecule has 2 aromatic heterocycles. The average molecular weight is 415 g/mol. The van der Waals surface area contributed by atoms with Gasteiger partial charge in [-0.3, -0.25) is 9.78 Å². The average Bonchev–Trinajstić information content (AvgIpc) is 3.37. The lowest BCUT2D eigenvalue weighted by atomic mass is 9.69. The van der Waals surface area contributed by atoms with E-state index in [4.69, 9.17) is 4.98 Å². The van der Waals surface area contributed by atoms with Crippen LogP contribution in [0.25, 0.3) is 0 Å². The molecule has 0 atom stereocenters. The third kappa shape index (κ3) is 3.32. The summed E-state index contributed by atoms with van der Waals surface area (Å²) in [5, 5.41) is 0. The number of imidazole rings is 1. The normalized spacial score (nSPS) is 11.2. The number of aromatic amines is 1. The molecule has 0 aliphatic rings. The second-order valence-electron chi connectivity index (χ2n) is 7.56. The Bertz CT molecular complexity index is 1220. The highest BCUT2D eigenvalue weighted by atomic mass is 16.1. The number of aromatic nitrogens is 3. The highest BCUT2D eigenvalue weighted by Crippen LogP contribution is 2.43. The van der Waals surface area contributed by atoms with Crippen molar-refractivity contribution in [1.29, 1.82) is 0 Å². The first-order valence-electron chi connectivity index (χ1n) is 10.5. The fraction of sp³-hybridized carbons (Fsp3) is 0.0357. The fourth-order valence-corrected chi connectivity index (χ4v) is 4.25. The van der Waals surface area contributed by atoms with Crippen molar-refractivity contribution in [3.05, 3.63) is 155 Å². The first-order valence-corrected chi connectivity index (χ1v) is 10.5. The summed E-state index contributed by atoms with van der Waals surface area (Å²) in [5.41, 5.74) is 3.43. The minimum atomic E-state index is -0.711. The van der Waals surface area contributed by atoms with Crippen molar-refractivity contribution in [2.45, 2.75) is 5.41 Å². The molecule has 0 unspecified atom stereocenters. The highest BCUT2D eigenvalue weighted by Gasteiger charge is 2.41. The lowest BCUT2D eigenvalue weighted by Crippen LogP contribution is -2.32. The van der Waals surface area contributed by atoms with Crippen molar-refractivity contribution in [1.82, 2.24) is 15.0 Å². The van der Waals surface area contributed by atoms with E-state index in [0.29, 0.717) is 17.1 Å². The molecule has 0 bridgehead atoms. The van der Waals surface area contributed by atoms with E-state index in [2.05, 4.69) is 46.4 Å². The number of rotatable bonds is 6. The summed E-state index contributed by atoms with van der Waals surface area (Å²) in [7, 11) is 0. The molecule has 5 aromatic rings. The predicted molar refractivity (Wildman–Crippen MR) is 125 cm³/mol. The van der Waals surface area contributed by atoms with Gasteiger partial charge in [-0.1, -0.05) is 91.0 Å². The van der Waals surface area contributed by atoms with Crippen LogP contribution in [-0.2, 0) is 5.41 Å². The van der Waals surface area contributed by atoms with E-state index in [0.717, 1.165) is 16.7 Å². The summed E-state index contributed by atoms with van der Waals surface area (Å²) in [4.78, 5) is 25.3. The molecule has 4 heteroatoms. The van der Waals surface area contributed by atoms with Crippen LogP contribution in [0.2, 0.25) is 0 Å².